The molecule has 0 aliphatic heterocycles. The predicted molar refractivity (Wildman–Crippen MR) is 132 cm³/mol. The van der Waals surface area contributed by atoms with E-state index in [0.29, 0.717) is 39.4 Å². The lowest BCUT2D eigenvalue weighted by Crippen LogP contribution is -2.13. The lowest BCUT2D eigenvalue weighted by atomic mass is 10.1. The maximum atomic E-state index is 12.6. The fourth-order valence-electron chi connectivity index (χ4n) is 2.96. The number of benzene rings is 3. The highest BCUT2D eigenvalue weighted by Gasteiger charge is 2.12. The molecule has 3 aromatic rings. The van der Waals surface area contributed by atoms with Crippen molar-refractivity contribution in [2.45, 2.75) is 20.5 Å². The van der Waals surface area contributed by atoms with E-state index >= 15 is 0 Å². The third-order valence-electron chi connectivity index (χ3n) is 4.71. The number of nitriles is 1. The van der Waals surface area contributed by atoms with E-state index in [1.54, 1.807) is 42.5 Å². The minimum absolute atomic E-state index is 0.0566. The van der Waals surface area contributed by atoms with Gasteiger partial charge in [0, 0.05) is 21.3 Å². The van der Waals surface area contributed by atoms with E-state index in [0.717, 1.165) is 11.1 Å². The van der Waals surface area contributed by atoms with Gasteiger partial charge in [0.1, 0.15) is 18.2 Å². The molecular formula is C26H22Cl2N2O3. The highest BCUT2D eigenvalue weighted by molar-refractivity contribution is 6.31. The van der Waals surface area contributed by atoms with Crippen LogP contribution in [0.25, 0.3) is 6.08 Å². The van der Waals surface area contributed by atoms with Crippen LogP contribution in [0, 0.1) is 18.3 Å². The minimum Gasteiger partial charge on any atom is -0.490 e. The summed E-state index contributed by atoms with van der Waals surface area (Å²) >= 11 is 12.3. The fraction of sp³-hybridized carbons (Fsp3) is 0.154. The van der Waals surface area contributed by atoms with Gasteiger partial charge in [-0.3, -0.25) is 4.79 Å². The van der Waals surface area contributed by atoms with Crippen molar-refractivity contribution in [2.24, 2.45) is 0 Å². The second-order valence-electron chi connectivity index (χ2n) is 7.11. The second-order valence-corrected chi connectivity index (χ2v) is 7.92. The summed E-state index contributed by atoms with van der Waals surface area (Å²) in [5.74, 6) is 0.502. The number of carbonyl (C=O) groups excluding carboxylic acids is 1. The van der Waals surface area contributed by atoms with Gasteiger partial charge >= 0.3 is 0 Å². The number of hydrogen-bond donors (Lipinski definition) is 1. The maximum absolute atomic E-state index is 12.6. The topological polar surface area (TPSA) is 71.3 Å². The van der Waals surface area contributed by atoms with Crippen LogP contribution in [0.1, 0.15) is 23.6 Å². The predicted octanol–water partition coefficient (Wildman–Crippen LogP) is 6.83. The van der Waals surface area contributed by atoms with Crippen LogP contribution in [0.4, 0.5) is 5.69 Å². The van der Waals surface area contributed by atoms with Gasteiger partial charge in [-0.05, 0) is 61.4 Å². The van der Waals surface area contributed by atoms with Crippen molar-refractivity contribution in [3.63, 3.8) is 0 Å². The van der Waals surface area contributed by atoms with Gasteiger partial charge in [0.2, 0.25) is 0 Å². The number of aryl methyl sites for hydroxylation is 1. The van der Waals surface area contributed by atoms with Gasteiger partial charge in [0.05, 0.1) is 6.61 Å². The molecule has 0 aromatic heterocycles. The highest BCUT2D eigenvalue weighted by atomic mass is 35.5. The molecule has 0 unspecified atom stereocenters. The summed E-state index contributed by atoms with van der Waals surface area (Å²) in [5, 5.41) is 13.4. The van der Waals surface area contributed by atoms with E-state index in [1.807, 2.05) is 38.1 Å². The molecule has 168 valence electrons. The number of rotatable bonds is 8. The Morgan fingerprint density at radius 1 is 1.03 bits per heavy atom. The van der Waals surface area contributed by atoms with Crippen molar-refractivity contribution in [3.05, 3.63) is 93.0 Å². The van der Waals surface area contributed by atoms with Crippen molar-refractivity contribution >= 4 is 40.9 Å². The Morgan fingerprint density at radius 2 is 1.82 bits per heavy atom. The number of anilines is 1. The van der Waals surface area contributed by atoms with Gasteiger partial charge in [-0.25, -0.2) is 0 Å². The first-order chi connectivity index (χ1) is 15.9. The molecule has 0 atom stereocenters. The zero-order chi connectivity index (χ0) is 23.8. The van der Waals surface area contributed by atoms with Crippen molar-refractivity contribution in [1.82, 2.24) is 0 Å². The standard InChI is InChI=1S/C26H22Cl2N2O3/c1-3-32-25-13-18(9-11-24(25)33-16-19-6-4-5-7-22(19)27)12-20(15-29)26(31)30-21-10-8-17(2)23(28)14-21/h4-14H,3,16H2,1-2H3,(H,30,31)/b20-12+. The fourth-order valence-corrected chi connectivity index (χ4v) is 3.33. The Balaban J connectivity index is 1.79. The molecule has 3 rings (SSSR count). The Labute approximate surface area is 203 Å². The van der Waals surface area contributed by atoms with E-state index < -0.39 is 5.91 Å². The molecule has 0 bridgehead atoms. The molecule has 3 aromatic carbocycles. The average molecular weight is 481 g/mol. The quantitative estimate of drug-likeness (QED) is 0.283. The number of ether oxygens (including phenoxy) is 2. The van der Waals surface area contributed by atoms with Crippen LogP contribution in [0.15, 0.2) is 66.2 Å². The van der Waals surface area contributed by atoms with Crippen LogP contribution in [0.3, 0.4) is 0 Å². The van der Waals surface area contributed by atoms with Crippen LogP contribution in [-0.4, -0.2) is 12.5 Å². The molecule has 1 N–H and O–H groups in total. The molecular weight excluding hydrogens is 459 g/mol. The first kappa shape index (κ1) is 24.2. The first-order valence-corrected chi connectivity index (χ1v) is 11.0. The van der Waals surface area contributed by atoms with Crippen LogP contribution >= 0.6 is 23.2 Å². The molecule has 33 heavy (non-hydrogen) atoms. The van der Waals surface area contributed by atoms with Crippen LogP contribution in [0.5, 0.6) is 11.5 Å². The zero-order valence-corrected chi connectivity index (χ0v) is 19.7. The van der Waals surface area contributed by atoms with Crippen LogP contribution in [-0.2, 0) is 11.4 Å². The molecule has 0 heterocycles. The largest absolute Gasteiger partial charge is 0.490 e. The summed E-state index contributed by atoms with van der Waals surface area (Å²) in [6.07, 6.45) is 1.49. The van der Waals surface area contributed by atoms with E-state index in [-0.39, 0.29) is 12.2 Å². The van der Waals surface area contributed by atoms with E-state index in [2.05, 4.69) is 5.32 Å². The molecule has 5 nitrogen and oxygen atoms in total. The summed E-state index contributed by atoms with van der Waals surface area (Å²) < 4.78 is 11.6. The van der Waals surface area contributed by atoms with E-state index in [4.69, 9.17) is 32.7 Å². The number of nitrogens with one attached hydrogen (secondary N) is 1. The van der Waals surface area contributed by atoms with Crippen molar-refractivity contribution in [3.8, 4) is 17.6 Å². The first-order valence-electron chi connectivity index (χ1n) is 10.2. The molecule has 7 heteroatoms. The minimum atomic E-state index is -0.533. The normalized spacial score (nSPS) is 10.9. The van der Waals surface area contributed by atoms with Gasteiger partial charge < -0.3 is 14.8 Å². The summed E-state index contributed by atoms with van der Waals surface area (Å²) in [4.78, 5) is 12.6. The summed E-state index contributed by atoms with van der Waals surface area (Å²) in [6, 6.07) is 19.8. The molecule has 0 aliphatic rings. The lowest BCUT2D eigenvalue weighted by Gasteiger charge is -2.13. The molecule has 0 saturated carbocycles. The summed E-state index contributed by atoms with van der Waals surface area (Å²) in [7, 11) is 0. The van der Waals surface area contributed by atoms with Crippen molar-refractivity contribution in [1.29, 1.82) is 5.26 Å². The van der Waals surface area contributed by atoms with Gasteiger partial charge in [-0.2, -0.15) is 5.26 Å². The summed E-state index contributed by atoms with van der Waals surface area (Å²) in [5.41, 5.74) is 2.82. The zero-order valence-electron chi connectivity index (χ0n) is 18.2. The second kappa shape index (κ2) is 11.4. The number of nitrogens with zero attached hydrogens (tertiary/aromatic N) is 1. The third-order valence-corrected chi connectivity index (χ3v) is 5.49. The molecule has 0 radical (unpaired) electrons. The van der Waals surface area contributed by atoms with Gasteiger partial charge in [-0.1, -0.05) is 53.5 Å². The Kier molecular flexibility index (Phi) is 8.37. The number of hydrogen-bond acceptors (Lipinski definition) is 4. The Bertz CT molecular complexity index is 1230. The molecule has 1 amide bonds. The van der Waals surface area contributed by atoms with Gasteiger partial charge in [0.25, 0.3) is 5.91 Å². The summed E-state index contributed by atoms with van der Waals surface area (Å²) in [6.45, 7) is 4.43. The monoisotopic (exact) mass is 480 g/mol. The van der Waals surface area contributed by atoms with E-state index in [9.17, 15) is 10.1 Å². The van der Waals surface area contributed by atoms with Gasteiger partial charge in [-0.15, -0.1) is 0 Å². The third kappa shape index (κ3) is 6.52. The van der Waals surface area contributed by atoms with Crippen molar-refractivity contribution < 1.29 is 14.3 Å². The van der Waals surface area contributed by atoms with Gasteiger partial charge in [0.15, 0.2) is 11.5 Å². The smallest absolute Gasteiger partial charge is 0.266 e. The van der Waals surface area contributed by atoms with E-state index in [1.165, 1.54) is 6.08 Å². The molecule has 0 saturated heterocycles. The van der Waals surface area contributed by atoms with Crippen molar-refractivity contribution in [2.75, 3.05) is 11.9 Å². The number of halogens is 2. The highest BCUT2D eigenvalue weighted by Crippen LogP contribution is 2.31. The molecule has 0 aliphatic carbocycles. The Morgan fingerprint density at radius 3 is 2.52 bits per heavy atom. The maximum Gasteiger partial charge on any atom is 0.266 e. The van der Waals surface area contributed by atoms with Crippen LogP contribution < -0.4 is 14.8 Å². The number of amides is 1. The number of carbonyl (C=O) groups is 1. The molecule has 0 fully saturated rings. The average Bonchev–Trinajstić information content (AvgIpc) is 2.80. The molecule has 0 spiro atoms. The van der Waals surface area contributed by atoms with Crippen LogP contribution in [0.2, 0.25) is 10.0 Å². The lowest BCUT2D eigenvalue weighted by molar-refractivity contribution is -0.112. The Hall–Kier alpha value is -3.46. The SMILES string of the molecule is CCOc1cc(/C=C(\C#N)C(=O)Nc2ccc(C)c(Cl)c2)ccc1OCc1ccccc1Cl.